The van der Waals surface area contributed by atoms with E-state index >= 15 is 0 Å². The van der Waals surface area contributed by atoms with Crippen molar-refractivity contribution in [1.82, 2.24) is 9.78 Å². The standard InChI is InChI=1S/C8H17N3S/c1-4-12(3,9)7-8-5-10-11(2)6-8/h5-6H,4,7,9H2,1-3H3. The van der Waals surface area contributed by atoms with Gasteiger partial charge in [0.25, 0.3) is 0 Å². The molecule has 0 bridgehead atoms. The van der Waals surface area contributed by atoms with Gasteiger partial charge in [-0.1, -0.05) is 6.92 Å². The second kappa shape index (κ2) is 3.49. The number of nitrogens with zero attached hydrogens (tertiary/aromatic N) is 2. The van der Waals surface area contributed by atoms with E-state index in [9.17, 15) is 0 Å². The zero-order valence-corrected chi connectivity index (χ0v) is 8.77. The summed E-state index contributed by atoms with van der Waals surface area (Å²) in [5, 5.41) is 10.2. The van der Waals surface area contributed by atoms with Crippen molar-refractivity contribution in [3.8, 4) is 0 Å². The molecule has 0 saturated carbocycles. The Morgan fingerprint density at radius 3 is 2.75 bits per heavy atom. The summed E-state index contributed by atoms with van der Waals surface area (Å²) >= 11 is 0. The molecule has 0 aromatic carbocycles. The summed E-state index contributed by atoms with van der Waals surface area (Å²) < 4.78 is 1.82. The van der Waals surface area contributed by atoms with Crippen molar-refractivity contribution in [2.24, 2.45) is 12.2 Å². The Kier molecular flexibility index (Phi) is 2.80. The third kappa shape index (κ3) is 2.53. The molecular formula is C8H17N3S. The third-order valence-electron chi connectivity index (χ3n) is 1.91. The summed E-state index contributed by atoms with van der Waals surface area (Å²) in [5.74, 6) is 2.05. The van der Waals surface area contributed by atoms with Crippen LogP contribution in [0.1, 0.15) is 12.5 Å². The van der Waals surface area contributed by atoms with Crippen LogP contribution in [0.3, 0.4) is 0 Å². The highest BCUT2D eigenvalue weighted by molar-refractivity contribution is 8.30. The van der Waals surface area contributed by atoms with Crippen LogP contribution in [0.5, 0.6) is 0 Å². The minimum atomic E-state index is -0.913. The van der Waals surface area contributed by atoms with Crippen molar-refractivity contribution < 1.29 is 0 Å². The van der Waals surface area contributed by atoms with Gasteiger partial charge < -0.3 is 0 Å². The van der Waals surface area contributed by atoms with E-state index in [-0.39, 0.29) is 0 Å². The molecule has 0 spiro atoms. The van der Waals surface area contributed by atoms with Crippen LogP contribution in [-0.2, 0) is 12.8 Å². The number of aromatic nitrogens is 2. The second-order valence-electron chi connectivity index (χ2n) is 3.31. The van der Waals surface area contributed by atoms with Crippen molar-refractivity contribution in [2.75, 3.05) is 12.0 Å². The van der Waals surface area contributed by atoms with E-state index in [1.165, 1.54) is 5.56 Å². The van der Waals surface area contributed by atoms with E-state index in [0.717, 1.165) is 11.5 Å². The highest BCUT2D eigenvalue weighted by Crippen LogP contribution is 2.38. The first-order valence-electron chi connectivity index (χ1n) is 4.02. The molecule has 70 valence electrons. The average Bonchev–Trinajstić information content (AvgIpc) is 2.35. The topological polar surface area (TPSA) is 43.8 Å². The van der Waals surface area contributed by atoms with Gasteiger partial charge in [0.2, 0.25) is 0 Å². The molecule has 0 aliphatic carbocycles. The molecule has 1 atom stereocenters. The second-order valence-corrected chi connectivity index (χ2v) is 6.87. The molecule has 4 heteroatoms. The van der Waals surface area contributed by atoms with Gasteiger partial charge in [0.05, 0.1) is 6.20 Å². The van der Waals surface area contributed by atoms with E-state index < -0.39 is 10.2 Å². The van der Waals surface area contributed by atoms with Crippen LogP contribution in [0, 0.1) is 0 Å². The average molecular weight is 187 g/mol. The molecule has 0 saturated heterocycles. The van der Waals surface area contributed by atoms with Gasteiger partial charge in [0, 0.05) is 19.0 Å². The lowest BCUT2D eigenvalue weighted by Gasteiger charge is -2.28. The molecule has 2 N–H and O–H groups in total. The fraction of sp³-hybridized carbons (Fsp3) is 0.625. The quantitative estimate of drug-likeness (QED) is 0.774. The lowest BCUT2D eigenvalue weighted by Crippen LogP contribution is -2.13. The molecule has 1 unspecified atom stereocenters. The van der Waals surface area contributed by atoms with E-state index in [2.05, 4.69) is 18.3 Å². The van der Waals surface area contributed by atoms with Crippen LogP contribution >= 0.6 is 10.2 Å². The highest BCUT2D eigenvalue weighted by Gasteiger charge is 2.10. The number of hydrogen-bond acceptors (Lipinski definition) is 2. The normalized spacial score (nSPS) is 18.7. The number of hydrogen-bond donors (Lipinski definition) is 1. The maximum atomic E-state index is 6.10. The van der Waals surface area contributed by atoms with Gasteiger partial charge >= 0.3 is 0 Å². The monoisotopic (exact) mass is 187 g/mol. The maximum Gasteiger partial charge on any atom is 0.0529 e. The van der Waals surface area contributed by atoms with E-state index in [4.69, 9.17) is 5.14 Å². The minimum Gasteiger partial charge on any atom is -0.294 e. The predicted molar refractivity (Wildman–Crippen MR) is 55.2 cm³/mol. The summed E-state index contributed by atoms with van der Waals surface area (Å²) in [4.78, 5) is 0. The van der Waals surface area contributed by atoms with Crippen molar-refractivity contribution in [2.45, 2.75) is 12.7 Å². The molecule has 1 heterocycles. The molecule has 0 aliphatic rings. The van der Waals surface area contributed by atoms with E-state index in [1.54, 1.807) is 0 Å². The lowest BCUT2D eigenvalue weighted by atomic mass is 10.4. The predicted octanol–water partition coefficient (Wildman–Crippen LogP) is 1.25. The molecule has 0 amide bonds. The van der Waals surface area contributed by atoms with Crippen LogP contribution in [0.25, 0.3) is 0 Å². The van der Waals surface area contributed by atoms with Crippen LogP contribution in [0.15, 0.2) is 12.4 Å². The van der Waals surface area contributed by atoms with Gasteiger partial charge in [-0.05, 0) is 17.6 Å². The molecule has 0 fully saturated rings. The molecule has 0 radical (unpaired) electrons. The van der Waals surface area contributed by atoms with Crippen molar-refractivity contribution in [1.29, 1.82) is 0 Å². The SMILES string of the molecule is CCS(C)(N)Cc1cnn(C)c1. The Hall–Kier alpha value is -0.480. The molecule has 3 nitrogen and oxygen atoms in total. The van der Waals surface area contributed by atoms with Crippen LogP contribution in [0.4, 0.5) is 0 Å². The van der Waals surface area contributed by atoms with Crippen LogP contribution < -0.4 is 5.14 Å². The zero-order valence-electron chi connectivity index (χ0n) is 7.95. The summed E-state index contributed by atoms with van der Waals surface area (Å²) in [6.07, 6.45) is 6.08. The molecule has 0 aliphatic heterocycles. The Balaban J connectivity index is 2.63. The Bertz CT molecular complexity index is 255. The van der Waals surface area contributed by atoms with E-state index in [0.29, 0.717) is 0 Å². The van der Waals surface area contributed by atoms with Gasteiger partial charge in [0.1, 0.15) is 0 Å². The first-order valence-corrected chi connectivity index (χ1v) is 6.47. The van der Waals surface area contributed by atoms with Gasteiger partial charge in [0.15, 0.2) is 0 Å². The van der Waals surface area contributed by atoms with Crippen molar-refractivity contribution in [3.63, 3.8) is 0 Å². The first kappa shape index (κ1) is 9.61. The maximum absolute atomic E-state index is 6.10. The highest BCUT2D eigenvalue weighted by atomic mass is 32.3. The summed E-state index contributed by atoms with van der Waals surface area (Å²) in [6.45, 7) is 2.14. The first-order chi connectivity index (χ1) is 5.53. The molecule has 1 aromatic rings. The van der Waals surface area contributed by atoms with Crippen LogP contribution in [0.2, 0.25) is 0 Å². The largest absolute Gasteiger partial charge is 0.294 e. The summed E-state index contributed by atoms with van der Waals surface area (Å²) in [7, 11) is 1.02. The molecule has 1 rings (SSSR count). The van der Waals surface area contributed by atoms with Crippen LogP contribution in [-0.4, -0.2) is 21.8 Å². The summed E-state index contributed by atoms with van der Waals surface area (Å²) in [6, 6.07) is 0. The molecular weight excluding hydrogens is 170 g/mol. The van der Waals surface area contributed by atoms with Gasteiger partial charge in [-0.3, -0.25) is 9.82 Å². The Labute approximate surface area is 75.4 Å². The Morgan fingerprint density at radius 2 is 2.33 bits per heavy atom. The fourth-order valence-electron chi connectivity index (χ4n) is 1.03. The Morgan fingerprint density at radius 1 is 1.67 bits per heavy atom. The number of nitrogens with two attached hydrogens (primary N) is 1. The summed E-state index contributed by atoms with van der Waals surface area (Å²) in [5.41, 5.74) is 1.25. The number of rotatable bonds is 3. The van der Waals surface area contributed by atoms with Gasteiger partial charge in [-0.15, -0.1) is 0 Å². The minimum absolute atomic E-state index is 0.913. The molecule has 1 aromatic heterocycles. The zero-order chi connectivity index (χ0) is 9.19. The lowest BCUT2D eigenvalue weighted by molar-refractivity contribution is 0.767. The fourth-order valence-corrected chi connectivity index (χ4v) is 2.14. The van der Waals surface area contributed by atoms with Gasteiger partial charge in [-0.25, -0.2) is 0 Å². The molecule has 12 heavy (non-hydrogen) atoms. The third-order valence-corrected chi connectivity index (χ3v) is 4.23. The smallest absolute Gasteiger partial charge is 0.0529 e. The van der Waals surface area contributed by atoms with Crippen molar-refractivity contribution >= 4 is 10.2 Å². The van der Waals surface area contributed by atoms with Gasteiger partial charge in [-0.2, -0.15) is 15.3 Å². The van der Waals surface area contributed by atoms with E-state index in [1.807, 2.05) is 24.1 Å². The van der Waals surface area contributed by atoms with Crippen molar-refractivity contribution in [3.05, 3.63) is 18.0 Å². The number of aryl methyl sites for hydroxylation is 1.